The Labute approximate surface area is 142 Å². The normalized spacial score (nSPS) is 13.6. The van der Waals surface area contributed by atoms with E-state index >= 15 is 0 Å². The van der Waals surface area contributed by atoms with Gasteiger partial charge in [0.2, 0.25) is 0 Å². The summed E-state index contributed by atoms with van der Waals surface area (Å²) >= 11 is 5.27. The van der Waals surface area contributed by atoms with Crippen LogP contribution in [0.2, 0.25) is 0 Å². The van der Waals surface area contributed by atoms with Crippen LogP contribution in [-0.4, -0.2) is 25.3 Å². The highest BCUT2D eigenvalue weighted by Gasteiger charge is 2.24. The molecule has 4 nitrogen and oxygen atoms in total. The zero-order valence-electron chi connectivity index (χ0n) is 11.6. The maximum Gasteiger partial charge on any atom is 0.264 e. The molecule has 1 N–H and O–H groups in total. The lowest BCUT2D eigenvalue weighted by Crippen LogP contribution is -2.23. The summed E-state index contributed by atoms with van der Waals surface area (Å²) in [6, 6.07) is 14.0. The van der Waals surface area contributed by atoms with Crippen molar-refractivity contribution in [1.29, 1.82) is 0 Å². The Hall–Kier alpha value is -1.02. The molecule has 0 fully saturated rings. The van der Waals surface area contributed by atoms with E-state index in [1.165, 1.54) is 0 Å². The monoisotopic (exact) mass is 399 g/mol. The molecule has 3 rings (SSSR count). The Bertz CT molecular complexity index is 808. The third-order valence-corrected chi connectivity index (χ3v) is 6.32. The predicted molar refractivity (Wildman–Crippen MR) is 92.7 cm³/mol. The van der Waals surface area contributed by atoms with Gasteiger partial charge in [-0.25, -0.2) is 0 Å². The van der Waals surface area contributed by atoms with Gasteiger partial charge in [-0.2, -0.15) is 8.42 Å². The van der Waals surface area contributed by atoms with Crippen LogP contribution >= 0.6 is 27.7 Å². The van der Waals surface area contributed by atoms with Crippen LogP contribution in [0.15, 0.2) is 56.7 Å². The van der Waals surface area contributed by atoms with Crippen molar-refractivity contribution in [3.05, 3.63) is 46.9 Å². The summed E-state index contributed by atoms with van der Waals surface area (Å²) in [5.74, 6) is -0.234. The minimum Gasteiger partial charge on any atom is -0.340 e. The molecule has 0 spiro atoms. The number of nitrogens with zero attached hydrogens (tertiary/aromatic N) is 1. The molecule has 1 aliphatic rings. The number of fused-ring (bicyclic) bond motifs is 2. The molecule has 0 saturated heterocycles. The number of rotatable bonds is 4. The average Bonchev–Trinajstić information content (AvgIpc) is 2.46. The number of halogens is 1. The van der Waals surface area contributed by atoms with E-state index in [1.807, 2.05) is 36.4 Å². The van der Waals surface area contributed by atoms with Crippen LogP contribution in [0.1, 0.15) is 6.42 Å². The maximum atomic E-state index is 10.9. The van der Waals surface area contributed by atoms with Gasteiger partial charge in [0, 0.05) is 15.9 Å². The standard InChI is InChI=1S/C15H14BrNO3S2/c16-11-5-3-7-13-15(11)21-14-8-2-1-6-12(14)17(13)9-4-10-22(18,19)20/h1-3,5-8H,4,9-10H2,(H,18,19,20). The smallest absolute Gasteiger partial charge is 0.264 e. The van der Waals surface area contributed by atoms with Gasteiger partial charge in [0.25, 0.3) is 10.1 Å². The zero-order valence-corrected chi connectivity index (χ0v) is 14.8. The third kappa shape index (κ3) is 3.32. The van der Waals surface area contributed by atoms with Crippen molar-refractivity contribution in [3.8, 4) is 0 Å². The SMILES string of the molecule is O=S(=O)(O)CCCN1c2ccccc2Sc2c(Br)cccc21. The third-order valence-electron chi connectivity index (χ3n) is 3.39. The topological polar surface area (TPSA) is 57.6 Å². The van der Waals surface area contributed by atoms with Crippen LogP contribution in [0.3, 0.4) is 0 Å². The van der Waals surface area contributed by atoms with Crippen molar-refractivity contribution >= 4 is 49.2 Å². The van der Waals surface area contributed by atoms with Gasteiger partial charge in [0.15, 0.2) is 0 Å². The molecule has 0 amide bonds. The van der Waals surface area contributed by atoms with Gasteiger partial charge in [-0.1, -0.05) is 30.0 Å². The number of benzene rings is 2. The Kier molecular flexibility index (Phi) is 4.49. The van der Waals surface area contributed by atoms with Gasteiger partial charge in [-0.15, -0.1) is 0 Å². The highest BCUT2D eigenvalue weighted by Crippen LogP contribution is 2.50. The van der Waals surface area contributed by atoms with Gasteiger partial charge >= 0.3 is 0 Å². The van der Waals surface area contributed by atoms with Gasteiger partial charge in [-0.05, 0) is 46.6 Å². The molecule has 0 unspecified atom stereocenters. The Balaban J connectivity index is 1.96. The van der Waals surface area contributed by atoms with Gasteiger partial charge in [0.1, 0.15) is 0 Å². The van der Waals surface area contributed by atoms with Crippen molar-refractivity contribution in [2.45, 2.75) is 16.2 Å². The largest absolute Gasteiger partial charge is 0.340 e. The number of hydrogen-bond acceptors (Lipinski definition) is 4. The molecule has 1 aliphatic heterocycles. The molecule has 1 heterocycles. The van der Waals surface area contributed by atoms with E-state index in [-0.39, 0.29) is 5.75 Å². The summed E-state index contributed by atoms with van der Waals surface area (Å²) in [6.45, 7) is 0.529. The molecule has 0 radical (unpaired) electrons. The Morgan fingerprint density at radius 3 is 2.59 bits per heavy atom. The van der Waals surface area contributed by atoms with E-state index < -0.39 is 10.1 Å². The van der Waals surface area contributed by atoms with Crippen LogP contribution in [-0.2, 0) is 10.1 Å². The minimum atomic E-state index is -3.93. The summed E-state index contributed by atoms with van der Waals surface area (Å²) in [6.07, 6.45) is 0.365. The second-order valence-electron chi connectivity index (χ2n) is 4.95. The second-order valence-corrected chi connectivity index (χ2v) is 8.43. The van der Waals surface area contributed by atoms with E-state index in [0.717, 1.165) is 25.6 Å². The first kappa shape index (κ1) is 15.9. The van der Waals surface area contributed by atoms with Gasteiger partial charge in [-0.3, -0.25) is 4.55 Å². The summed E-state index contributed by atoms with van der Waals surface area (Å²) in [5, 5.41) is 0. The molecule has 0 aliphatic carbocycles. The lowest BCUT2D eigenvalue weighted by Gasteiger charge is -2.33. The van der Waals surface area contributed by atoms with E-state index in [0.29, 0.717) is 13.0 Å². The highest BCUT2D eigenvalue weighted by atomic mass is 79.9. The van der Waals surface area contributed by atoms with E-state index in [1.54, 1.807) is 11.8 Å². The van der Waals surface area contributed by atoms with E-state index in [2.05, 4.69) is 26.9 Å². The second kappa shape index (κ2) is 6.23. The van der Waals surface area contributed by atoms with E-state index in [4.69, 9.17) is 4.55 Å². The first-order chi connectivity index (χ1) is 10.5. The predicted octanol–water partition coefficient (Wildman–Crippen LogP) is 4.33. The fourth-order valence-electron chi connectivity index (χ4n) is 2.46. The molecule has 7 heteroatoms. The number of hydrogen-bond donors (Lipinski definition) is 1. The lowest BCUT2D eigenvalue weighted by atomic mass is 10.2. The molecular weight excluding hydrogens is 386 g/mol. The molecule has 0 saturated carbocycles. The summed E-state index contributed by atoms with van der Waals surface area (Å²) in [4.78, 5) is 4.36. The summed E-state index contributed by atoms with van der Waals surface area (Å²) < 4.78 is 31.8. The molecule has 22 heavy (non-hydrogen) atoms. The summed E-state index contributed by atoms with van der Waals surface area (Å²) in [7, 11) is -3.93. The van der Waals surface area contributed by atoms with E-state index in [9.17, 15) is 8.42 Å². The van der Waals surface area contributed by atoms with Crippen molar-refractivity contribution in [3.63, 3.8) is 0 Å². The molecule has 0 bridgehead atoms. The Morgan fingerprint density at radius 2 is 1.82 bits per heavy atom. The van der Waals surface area contributed by atoms with Crippen molar-refractivity contribution in [2.75, 3.05) is 17.2 Å². The van der Waals surface area contributed by atoms with Crippen molar-refractivity contribution in [1.82, 2.24) is 0 Å². The molecule has 0 atom stereocenters. The van der Waals surface area contributed by atoms with Gasteiger partial charge in [0.05, 0.1) is 22.0 Å². The number of anilines is 2. The Morgan fingerprint density at radius 1 is 1.09 bits per heavy atom. The van der Waals surface area contributed by atoms with Crippen LogP contribution in [0.5, 0.6) is 0 Å². The molecule has 2 aromatic rings. The number of para-hydroxylation sites is 1. The fourth-order valence-corrected chi connectivity index (χ4v) is 4.65. The van der Waals surface area contributed by atoms with Crippen molar-refractivity contribution in [2.24, 2.45) is 0 Å². The van der Waals surface area contributed by atoms with Gasteiger partial charge < -0.3 is 4.90 Å². The average molecular weight is 400 g/mol. The van der Waals surface area contributed by atoms with Crippen LogP contribution in [0.25, 0.3) is 0 Å². The van der Waals surface area contributed by atoms with Crippen molar-refractivity contribution < 1.29 is 13.0 Å². The quantitative estimate of drug-likeness (QED) is 0.775. The lowest BCUT2D eigenvalue weighted by molar-refractivity contribution is 0.481. The summed E-state index contributed by atoms with van der Waals surface area (Å²) in [5.41, 5.74) is 2.11. The zero-order chi connectivity index (χ0) is 15.7. The minimum absolute atomic E-state index is 0.234. The molecule has 0 aromatic heterocycles. The molecule has 2 aromatic carbocycles. The molecule has 116 valence electrons. The maximum absolute atomic E-state index is 10.9. The first-order valence-electron chi connectivity index (χ1n) is 6.74. The first-order valence-corrected chi connectivity index (χ1v) is 9.96. The fraction of sp³-hybridized carbons (Fsp3) is 0.200. The molecular formula is C15H14BrNO3S2. The highest BCUT2D eigenvalue weighted by molar-refractivity contribution is 9.10. The van der Waals surface area contributed by atoms with Crippen LogP contribution in [0, 0.1) is 0 Å². The van der Waals surface area contributed by atoms with Crippen LogP contribution in [0.4, 0.5) is 11.4 Å². The van der Waals surface area contributed by atoms with Crippen LogP contribution < -0.4 is 4.90 Å².